The normalized spacial score (nSPS) is 9.30. The Kier molecular flexibility index (Phi) is 1.87. The molecule has 4 heteroatoms. The van der Waals surface area contributed by atoms with Crippen molar-refractivity contribution >= 4 is 17.3 Å². The van der Waals surface area contributed by atoms with Crippen LogP contribution in [0.3, 0.4) is 0 Å². The monoisotopic (exact) mass is 156 g/mol. The Morgan fingerprint density at radius 3 is 2.20 bits per heavy atom. The molecule has 0 saturated heterocycles. The standard InChI is InChI=1S/C6H5ClN2O/c7-5-1-3-6(4-2-5)9(8)10/h1-4,8H. The molecule has 0 spiro atoms. The Bertz CT molecular complexity index is 244. The fourth-order valence-electron chi connectivity index (χ4n) is 0.576. The average Bonchev–Trinajstić information content (AvgIpc) is 1.88. The minimum Gasteiger partial charge on any atom is -0.594 e. The van der Waals surface area contributed by atoms with E-state index in [1.807, 2.05) is 0 Å². The van der Waals surface area contributed by atoms with Gasteiger partial charge in [0.1, 0.15) is 0 Å². The molecule has 0 heterocycles. The quantitative estimate of drug-likeness (QED) is 0.379. The van der Waals surface area contributed by atoms with Crippen molar-refractivity contribution in [2.24, 2.45) is 0 Å². The minimum absolute atomic E-state index is 0.0380. The lowest BCUT2D eigenvalue weighted by Gasteiger charge is -1.94. The van der Waals surface area contributed by atoms with E-state index in [1.54, 1.807) is 12.1 Å². The van der Waals surface area contributed by atoms with Crippen LogP contribution in [0.25, 0.3) is 0 Å². The van der Waals surface area contributed by atoms with Gasteiger partial charge in [0.25, 0.3) is 0 Å². The van der Waals surface area contributed by atoms with Crippen molar-refractivity contribution in [1.29, 1.82) is 5.53 Å². The summed E-state index contributed by atoms with van der Waals surface area (Å²) < 4.78 is 0. The summed E-state index contributed by atoms with van der Waals surface area (Å²) in [6, 6.07) is 6.11. The predicted octanol–water partition coefficient (Wildman–Crippen LogP) is 2.51. The van der Waals surface area contributed by atoms with Crippen molar-refractivity contribution in [1.82, 2.24) is 0 Å². The smallest absolute Gasteiger partial charge is 0.244 e. The molecule has 52 valence electrons. The summed E-state index contributed by atoms with van der Waals surface area (Å²) in [5.74, 6) is 0. The van der Waals surface area contributed by atoms with Crippen molar-refractivity contribution in [2.45, 2.75) is 0 Å². The first kappa shape index (κ1) is 7.02. The highest BCUT2D eigenvalue weighted by molar-refractivity contribution is 6.30. The van der Waals surface area contributed by atoms with Crippen molar-refractivity contribution in [3.63, 3.8) is 0 Å². The van der Waals surface area contributed by atoms with Crippen molar-refractivity contribution in [2.75, 3.05) is 0 Å². The van der Waals surface area contributed by atoms with Crippen LogP contribution in [-0.4, -0.2) is 4.86 Å². The van der Waals surface area contributed by atoms with Gasteiger partial charge in [-0.25, -0.2) is 0 Å². The third-order valence-corrected chi connectivity index (χ3v) is 1.31. The molecule has 10 heavy (non-hydrogen) atoms. The molecule has 0 aliphatic heterocycles. The Morgan fingerprint density at radius 1 is 1.30 bits per heavy atom. The van der Waals surface area contributed by atoms with Crippen LogP contribution in [0.15, 0.2) is 24.3 Å². The highest BCUT2D eigenvalue weighted by Gasteiger charge is 1.97. The molecule has 0 aromatic heterocycles. The van der Waals surface area contributed by atoms with Gasteiger partial charge in [0.05, 0.1) is 0 Å². The van der Waals surface area contributed by atoms with Crippen molar-refractivity contribution in [3.05, 3.63) is 34.5 Å². The summed E-state index contributed by atoms with van der Waals surface area (Å²) in [6.45, 7) is 0. The van der Waals surface area contributed by atoms with Gasteiger partial charge in [-0.3, -0.25) is 0 Å². The molecule has 0 saturated carbocycles. The molecular formula is C6H5ClN2O. The summed E-state index contributed by atoms with van der Waals surface area (Å²) in [4.78, 5) is 0.0380. The molecule has 1 aromatic rings. The van der Waals surface area contributed by atoms with E-state index in [0.717, 1.165) is 0 Å². The lowest BCUT2D eigenvalue weighted by atomic mass is 10.3. The maximum Gasteiger partial charge on any atom is 0.244 e. The van der Waals surface area contributed by atoms with E-state index in [2.05, 4.69) is 0 Å². The highest BCUT2D eigenvalue weighted by Crippen LogP contribution is 2.14. The highest BCUT2D eigenvalue weighted by atomic mass is 35.5. The number of nitrogens with zero attached hydrogens (tertiary/aromatic N) is 1. The van der Waals surface area contributed by atoms with Crippen LogP contribution >= 0.6 is 11.6 Å². The number of rotatable bonds is 1. The molecule has 0 aliphatic carbocycles. The fourth-order valence-corrected chi connectivity index (χ4v) is 0.702. The largest absolute Gasteiger partial charge is 0.594 e. The van der Waals surface area contributed by atoms with Gasteiger partial charge in [-0.05, 0) is 17.7 Å². The first-order valence-electron chi connectivity index (χ1n) is 2.64. The van der Waals surface area contributed by atoms with Gasteiger partial charge < -0.3 is 5.21 Å². The maximum absolute atomic E-state index is 10.3. The summed E-state index contributed by atoms with van der Waals surface area (Å²) >= 11 is 5.53. The van der Waals surface area contributed by atoms with Gasteiger partial charge in [-0.1, -0.05) is 16.5 Å². The third kappa shape index (κ3) is 1.45. The number of benzene rings is 1. The van der Waals surface area contributed by atoms with Crippen molar-refractivity contribution < 1.29 is 4.86 Å². The lowest BCUT2D eigenvalue weighted by Crippen LogP contribution is -1.85. The number of halogens is 1. The van der Waals surface area contributed by atoms with Gasteiger partial charge >= 0.3 is 0 Å². The van der Waals surface area contributed by atoms with Crippen molar-refractivity contribution in [3.8, 4) is 0 Å². The van der Waals surface area contributed by atoms with E-state index in [9.17, 15) is 5.21 Å². The molecule has 3 nitrogen and oxygen atoms in total. The summed E-state index contributed by atoms with van der Waals surface area (Å²) in [5.41, 5.74) is 6.91. The number of hydrogen-bond donors (Lipinski definition) is 1. The molecule has 1 aromatic carbocycles. The first-order chi connectivity index (χ1) is 4.70. The zero-order valence-corrected chi connectivity index (χ0v) is 5.80. The van der Waals surface area contributed by atoms with Crippen LogP contribution in [0, 0.1) is 10.7 Å². The van der Waals surface area contributed by atoms with E-state index in [-0.39, 0.29) is 10.5 Å². The summed E-state index contributed by atoms with van der Waals surface area (Å²) in [6.07, 6.45) is 0. The Balaban J connectivity index is 3.00. The Morgan fingerprint density at radius 2 is 1.80 bits per heavy atom. The third-order valence-electron chi connectivity index (χ3n) is 1.06. The van der Waals surface area contributed by atoms with Crippen LogP contribution in [0.5, 0.6) is 0 Å². The van der Waals surface area contributed by atoms with Gasteiger partial charge in [-0.15, -0.1) is 0 Å². The van der Waals surface area contributed by atoms with Gasteiger partial charge in [0.2, 0.25) is 5.69 Å². The molecule has 0 fully saturated rings. The molecule has 0 bridgehead atoms. The van der Waals surface area contributed by atoms with Gasteiger partial charge in [0.15, 0.2) is 0 Å². The molecule has 1 N–H and O–H groups in total. The van der Waals surface area contributed by atoms with E-state index in [0.29, 0.717) is 5.02 Å². The summed E-state index contributed by atoms with van der Waals surface area (Å²) in [5, 5.41) is 10.9. The molecule has 1 rings (SSSR count). The van der Waals surface area contributed by atoms with Crippen LogP contribution in [-0.2, 0) is 0 Å². The molecule has 0 aliphatic rings. The second kappa shape index (κ2) is 2.66. The number of hydrogen-bond acceptors (Lipinski definition) is 2. The van der Waals surface area contributed by atoms with Crippen LogP contribution in [0.1, 0.15) is 0 Å². The molecule has 0 amide bonds. The summed E-state index contributed by atoms with van der Waals surface area (Å²) in [7, 11) is 0. The Labute approximate surface area is 62.9 Å². The molecule has 0 atom stereocenters. The van der Waals surface area contributed by atoms with Gasteiger partial charge in [0, 0.05) is 17.2 Å². The van der Waals surface area contributed by atoms with E-state index < -0.39 is 0 Å². The second-order valence-corrected chi connectivity index (χ2v) is 2.21. The minimum atomic E-state index is 0.0380. The van der Waals surface area contributed by atoms with Gasteiger partial charge in [-0.2, -0.15) is 0 Å². The van der Waals surface area contributed by atoms with Crippen LogP contribution < -0.4 is 0 Å². The topological polar surface area (TPSA) is 49.9 Å². The Hall–Kier alpha value is -1.09. The fraction of sp³-hybridized carbons (Fsp3) is 0. The molecule has 0 radical (unpaired) electrons. The second-order valence-electron chi connectivity index (χ2n) is 1.77. The van der Waals surface area contributed by atoms with E-state index in [1.165, 1.54) is 12.1 Å². The zero-order chi connectivity index (χ0) is 7.56. The van der Waals surface area contributed by atoms with Crippen LogP contribution in [0.4, 0.5) is 5.69 Å². The molecule has 0 unspecified atom stereocenters. The van der Waals surface area contributed by atoms with E-state index >= 15 is 0 Å². The molecular weight excluding hydrogens is 152 g/mol. The maximum atomic E-state index is 10.3. The number of nitrogens with one attached hydrogen (secondary N) is 1. The van der Waals surface area contributed by atoms with Crippen LogP contribution in [0.2, 0.25) is 5.02 Å². The average molecular weight is 157 g/mol. The SMILES string of the molecule is N=[N+]([O-])c1ccc(Cl)cc1. The van der Waals surface area contributed by atoms with E-state index in [4.69, 9.17) is 17.1 Å². The predicted molar refractivity (Wildman–Crippen MR) is 37.5 cm³/mol. The first-order valence-corrected chi connectivity index (χ1v) is 3.02. The lowest BCUT2D eigenvalue weighted by molar-refractivity contribution is -0.465. The zero-order valence-electron chi connectivity index (χ0n) is 5.04.